The van der Waals surface area contributed by atoms with Gasteiger partial charge in [-0.1, -0.05) is 18.2 Å². The van der Waals surface area contributed by atoms with Gasteiger partial charge in [0.2, 0.25) is 5.91 Å². The molecule has 2 unspecified atom stereocenters. The Balaban J connectivity index is 1.99. The standard InChI is InChI=1S/C12H15N3O3/c1-7(11(16)15-12(13)17)14-9-6-18-10-5-3-2-4-8(9)10/h2-5,7,9,14H,6H2,1H3,(H3,13,15,16,17). The second-order valence-electron chi connectivity index (χ2n) is 4.14. The van der Waals surface area contributed by atoms with Gasteiger partial charge in [0.15, 0.2) is 0 Å². The number of amides is 3. The third-order valence-electron chi connectivity index (χ3n) is 2.79. The van der Waals surface area contributed by atoms with Crippen LogP contribution < -0.4 is 21.1 Å². The highest BCUT2D eigenvalue weighted by molar-refractivity contribution is 5.96. The van der Waals surface area contributed by atoms with Gasteiger partial charge in [-0.3, -0.25) is 15.4 Å². The number of urea groups is 1. The molecule has 0 spiro atoms. The number of rotatable bonds is 3. The molecule has 0 fully saturated rings. The summed E-state index contributed by atoms with van der Waals surface area (Å²) in [6.45, 7) is 2.13. The number of para-hydroxylation sites is 1. The zero-order valence-electron chi connectivity index (χ0n) is 9.97. The number of benzene rings is 1. The summed E-state index contributed by atoms with van der Waals surface area (Å²) in [6.07, 6.45) is 0. The zero-order valence-corrected chi connectivity index (χ0v) is 9.97. The van der Waals surface area contributed by atoms with Gasteiger partial charge in [-0.2, -0.15) is 0 Å². The van der Waals surface area contributed by atoms with Crippen molar-refractivity contribution in [1.82, 2.24) is 10.6 Å². The Bertz CT molecular complexity index is 475. The molecule has 0 radical (unpaired) electrons. The summed E-state index contributed by atoms with van der Waals surface area (Å²) in [4.78, 5) is 22.1. The first kappa shape index (κ1) is 12.4. The number of imide groups is 1. The van der Waals surface area contributed by atoms with Crippen molar-refractivity contribution >= 4 is 11.9 Å². The Morgan fingerprint density at radius 2 is 2.17 bits per heavy atom. The molecule has 2 atom stereocenters. The van der Waals surface area contributed by atoms with Gasteiger partial charge < -0.3 is 10.5 Å². The van der Waals surface area contributed by atoms with E-state index in [4.69, 9.17) is 10.5 Å². The van der Waals surface area contributed by atoms with Crippen molar-refractivity contribution in [3.63, 3.8) is 0 Å². The molecule has 0 aromatic heterocycles. The summed E-state index contributed by atoms with van der Waals surface area (Å²) >= 11 is 0. The maximum atomic E-state index is 11.5. The van der Waals surface area contributed by atoms with Crippen LogP contribution in [0.3, 0.4) is 0 Å². The number of hydrogen-bond donors (Lipinski definition) is 3. The first-order chi connectivity index (χ1) is 8.58. The van der Waals surface area contributed by atoms with Crippen molar-refractivity contribution in [3.05, 3.63) is 29.8 Å². The quantitative estimate of drug-likeness (QED) is 0.718. The third-order valence-corrected chi connectivity index (χ3v) is 2.79. The van der Waals surface area contributed by atoms with Crippen LogP contribution in [-0.4, -0.2) is 24.6 Å². The highest BCUT2D eigenvalue weighted by Crippen LogP contribution is 2.31. The minimum Gasteiger partial charge on any atom is -0.491 e. The molecular weight excluding hydrogens is 234 g/mol. The van der Waals surface area contributed by atoms with E-state index in [0.29, 0.717) is 6.61 Å². The van der Waals surface area contributed by atoms with E-state index in [1.165, 1.54) is 0 Å². The average molecular weight is 249 g/mol. The fourth-order valence-electron chi connectivity index (χ4n) is 1.91. The number of carbonyl (C=O) groups excluding carboxylic acids is 2. The van der Waals surface area contributed by atoms with E-state index in [0.717, 1.165) is 11.3 Å². The van der Waals surface area contributed by atoms with Crippen LogP contribution in [0.15, 0.2) is 24.3 Å². The van der Waals surface area contributed by atoms with E-state index in [-0.39, 0.29) is 6.04 Å². The van der Waals surface area contributed by atoms with Crippen LogP contribution in [0.4, 0.5) is 4.79 Å². The van der Waals surface area contributed by atoms with Crippen molar-refractivity contribution in [2.75, 3.05) is 6.61 Å². The number of nitrogens with one attached hydrogen (secondary N) is 2. The summed E-state index contributed by atoms with van der Waals surface area (Å²) in [7, 11) is 0. The largest absolute Gasteiger partial charge is 0.491 e. The van der Waals surface area contributed by atoms with Crippen molar-refractivity contribution in [2.45, 2.75) is 19.0 Å². The summed E-state index contributed by atoms with van der Waals surface area (Å²) < 4.78 is 5.49. The molecule has 18 heavy (non-hydrogen) atoms. The smallest absolute Gasteiger partial charge is 0.318 e. The Morgan fingerprint density at radius 3 is 2.89 bits per heavy atom. The Morgan fingerprint density at radius 1 is 1.44 bits per heavy atom. The van der Waals surface area contributed by atoms with Gasteiger partial charge in [-0.05, 0) is 13.0 Å². The predicted molar refractivity (Wildman–Crippen MR) is 65.0 cm³/mol. The topological polar surface area (TPSA) is 93.4 Å². The minimum absolute atomic E-state index is 0.0603. The lowest BCUT2D eigenvalue weighted by molar-refractivity contribution is -0.121. The molecule has 1 aliphatic rings. The molecule has 1 heterocycles. The van der Waals surface area contributed by atoms with Crippen LogP contribution in [-0.2, 0) is 4.79 Å². The summed E-state index contributed by atoms with van der Waals surface area (Å²) in [5.41, 5.74) is 5.90. The van der Waals surface area contributed by atoms with E-state index in [1.807, 2.05) is 29.6 Å². The van der Waals surface area contributed by atoms with Gasteiger partial charge in [0.05, 0.1) is 12.1 Å². The van der Waals surface area contributed by atoms with Gasteiger partial charge in [0.1, 0.15) is 12.4 Å². The van der Waals surface area contributed by atoms with Crippen molar-refractivity contribution < 1.29 is 14.3 Å². The lowest BCUT2D eigenvalue weighted by Gasteiger charge is -2.17. The molecule has 1 aromatic rings. The Labute approximate surface area is 104 Å². The number of primary amides is 1. The van der Waals surface area contributed by atoms with Gasteiger partial charge in [0.25, 0.3) is 0 Å². The number of carbonyl (C=O) groups is 2. The highest BCUT2D eigenvalue weighted by atomic mass is 16.5. The van der Waals surface area contributed by atoms with Gasteiger partial charge in [-0.15, -0.1) is 0 Å². The predicted octanol–water partition coefficient (Wildman–Crippen LogP) is 0.293. The lowest BCUT2D eigenvalue weighted by atomic mass is 10.1. The van der Waals surface area contributed by atoms with Crippen LogP contribution in [0.2, 0.25) is 0 Å². The normalized spacial score (nSPS) is 18.6. The van der Waals surface area contributed by atoms with E-state index in [9.17, 15) is 9.59 Å². The molecule has 6 nitrogen and oxygen atoms in total. The number of ether oxygens (including phenoxy) is 1. The molecule has 1 aliphatic heterocycles. The van der Waals surface area contributed by atoms with E-state index < -0.39 is 18.0 Å². The van der Waals surface area contributed by atoms with Crippen LogP contribution in [0.25, 0.3) is 0 Å². The van der Waals surface area contributed by atoms with Crippen LogP contribution >= 0.6 is 0 Å². The van der Waals surface area contributed by atoms with Crippen LogP contribution in [0.5, 0.6) is 5.75 Å². The summed E-state index contributed by atoms with van der Waals surface area (Å²) in [6, 6.07) is 6.19. The fraction of sp³-hybridized carbons (Fsp3) is 0.333. The summed E-state index contributed by atoms with van der Waals surface area (Å²) in [5, 5.41) is 5.13. The Kier molecular flexibility index (Phi) is 3.47. The van der Waals surface area contributed by atoms with E-state index in [1.54, 1.807) is 6.92 Å². The molecule has 1 aromatic carbocycles. The fourth-order valence-corrected chi connectivity index (χ4v) is 1.91. The SMILES string of the molecule is CC(NC1COc2ccccc21)C(=O)NC(N)=O. The van der Waals surface area contributed by atoms with Crippen LogP contribution in [0.1, 0.15) is 18.5 Å². The van der Waals surface area contributed by atoms with Gasteiger partial charge >= 0.3 is 6.03 Å². The monoisotopic (exact) mass is 249 g/mol. The number of fused-ring (bicyclic) bond motifs is 1. The minimum atomic E-state index is -0.850. The average Bonchev–Trinajstić information content (AvgIpc) is 2.72. The first-order valence-electron chi connectivity index (χ1n) is 5.66. The van der Waals surface area contributed by atoms with Crippen molar-refractivity contribution in [2.24, 2.45) is 5.73 Å². The molecule has 0 bridgehead atoms. The second-order valence-corrected chi connectivity index (χ2v) is 4.14. The Hall–Kier alpha value is -2.08. The first-order valence-corrected chi connectivity index (χ1v) is 5.66. The van der Waals surface area contributed by atoms with Crippen molar-refractivity contribution in [3.8, 4) is 5.75 Å². The highest BCUT2D eigenvalue weighted by Gasteiger charge is 2.26. The molecule has 6 heteroatoms. The molecule has 2 rings (SSSR count). The van der Waals surface area contributed by atoms with E-state index >= 15 is 0 Å². The molecule has 3 amide bonds. The molecule has 0 saturated heterocycles. The third kappa shape index (κ3) is 2.60. The van der Waals surface area contributed by atoms with Crippen LogP contribution in [0, 0.1) is 0 Å². The van der Waals surface area contributed by atoms with E-state index in [2.05, 4.69) is 5.32 Å². The maximum Gasteiger partial charge on any atom is 0.318 e. The number of hydrogen-bond acceptors (Lipinski definition) is 4. The van der Waals surface area contributed by atoms with Crippen molar-refractivity contribution in [1.29, 1.82) is 0 Å². The zero-order chi connectivity index (χ0) is 13.1. The van der Waals surface area contributed by atoms with Gasteiger partial charge in [0, 0.05) is 5.56 Å². The molecular formula is C12H15N3O3. The number of nitrogens with two attached hydrogens (primary N) is 1. The molecule has 0 aliphatic carbocycles. The lowest BCUT2D eigenvalue weighted by Crippen LogP contribution is -2.47. The summed E-state index contributed by atoms with van der Waals surface area (Å²) in [5.74, 6) is 0.365. The maximum absolute atomic E-state index is 11.5. The molecule has 4 N–H and O–H groups in total. The molecule has 0 saturated carbocycles. The molecule has 96 valence electrons. The van der Waals surface area contributed by atoms with Gasteiger partial charge in [-0.25, -0.2) is 4.79 Å². The second kappa shape index (κ2) is 5.05.